The number of benzene rings is 3. The predicted octanol–water partition coefficient (Wildman–Crippen LogP) is 4.90. The molecule has 0 spiro atoms. The van der Waals surface area contributed by atoms with E-state index in [1.165, 1.54) is 16.5 Å². The van der Waals surface area contributed by atoms with Gasteiger partial charge in [-0.2, -0.15) is 17.9 Å². The molecule has 0 aliphatic carbocycles. The van der Waals surface area contributed by atoms with Crippen LogP contribution in [0.2, 0.25) is 5.02 Å². The second-order valence-electron chi connectivity index (χ2n) is 7.00. The van der Waals surface area contributed by atoms with Crippen molar-refractivity contribution in [1.82, 2.24) is 4.41 Å². The zero-order chi connectivity index (χ0) is 22.0. The largest absolute Gasteiger partial charge is 0.497 e. The summed E-state index contributed by atoms with van der Waals surface area (Å²) in [5.41, 5.74) is 2.30. The standard InChI is InChI=1S/C23H21ClN2O4S/c1-29-19-10-6-16(7-11-19)23-15-22(17-4-3-5-20(14-17)30-2)25-26(23)31(27,28)21-12-8-18(24)9-13-21/h3-14,23H,15H2,1-2H3. The molecule has 0 saturated carbocycles. The Morgan fingerprint density at radius 2 is 1.61 bits per heavy atom. The van der Waals surface area contributed by atoms with E-state index in [1.54, 1.807) is 26.4 Å². The van der Waals surface area contributed by atoms with E-state index in [-0.39, 0.29) is 4.90 Å². The smallest absolute Gasteiger partial charge is 0.279 e. The summed E-state index contributed by atoms with van der Waals surface area (Å²) in [6.07, 6.45) is 0.423. The molecular weight excluding hydrogens is 436 g/mol. The highest BCUT2D eigenvalue weighted by molar-refractivity contribution is 7.89. The Kier molecular flexibility index (Phi) is 5.89. The molecule has 3 aromatic carbocycles. The van der Waals surface area contributed by atoms with Crippen molar-refractivity contribution in [2.75, 3.05) is 14.2 Å². The first-order chi connectivity index (χ1) is 14.9. The van der Waals surface area contributed by atoms with E-state index in [0.29, 0.717) is 28.7 Å². The molecular formula is C23H21ClN2O4S. The van der Waals surface area contributed by atoms with E-state index in [4.69, 9.17) is 21.1 Å². The minimum Gasteiger partial charge on any atom is -0.497 e. The Balaban J connectivity index is 1.78. The van der Waals surface area contributed by atoms with Gasteiger partial charge in [0, 0.05) is 17.0 Å². The molecule has 0 bridgehead atoms. The summed E-state index contributed by atoms with van der Waals surface area (Å²) in [5.74, 6) is 1.38. The van der Waals surface area contributed by atoms with Crippen molar-refractivity contribution in [2.45, 2.75) is 17.4 Å². The van der Waals surface area contributed by atoms with Crippen LogP contribution < -0.4 is 9.47 Å². The van der Waals surface area contributed by atoms with E-state index < -0.39 is 16.1 Å². The summed E-state index contributed by atoms with van der Waals surface area (Å²) in [6, 6.07) is 20.4. The van der Waals surface area contributed by atoms with Gasteiger partial charge in [0.2, 0.25) is 0 Å². The average molecular weight is 457 g/mol. The minimum absolute atomic E-state index is 0.131. The fourth-order valence-corrected chi connectivity index (χ4v) is 5.04. The maximum absolute atomic E-state index is 13.5. The second-order valence-corrected chi connectivity index (χ2v) is 9.24. The van der Waals surface area contributed by atoms with Gasteiger partial charge in [-0.25, -0.2) is 0 Å². The summed E-state index contributed by atoms with van der Waals surface area (Å²) in [7, 11) is -0.721. The van der Waals surface area contributed by atoms with Crippen LogP contribution in [0.5, 0.6) is 11.5 Å². The van der Waals surface area contributed by atoms with E-state index in [1.807, 2.05) is 48.5 Å². The number of halogens is 1. The van der Waals surface area contributed by atoms with Crippen LogP contribution in [0.15, 0.2) is 82.8 Å². The Bertz CT molecular complexity index is 1210. The molecule has 8 heteroatoms. The molecule has 6 nitrogen and oxygen atoms in total. The van der Waals surface area contributed by atoms with Gasteiger partial charge in [-0.3, -0.25) is 0 Å². The molecule has 0 N–H and O–H groups in total. The quantitative estimate of drug-likeness (QED) is 0.529. The van der Waals surface area contributed by atoms with Crippen molar-refractivity contribution >= 4 is 27.3 Å². The first-order valence-corrected chi connectivity index (χ1v) is 11.4. The van der Waals surface area contributed by atoms with Gasteiger partial charge in [0.1, 0.15) is 11.5 Å². The normalized spacial score (nSPS) is 16.2. The summed E-state index contributed by atoms with van der Waals surface area (Å²) in [4.78, 5) is 0.131. The van der Waals surface area contributed by atoms with Crippen molar-refractivity contribution in [1.29, 1.82) is 0 Å². The molecule has 1 unspecified atom stereocenters. The van der Waals surface area contributed by atoms with E-state index in [0.717, 1.165) is 11.1 Å². The summed E-state index contributed by atoms with van der Waals surface area (Å²) in [5, 5.41) is 5.01. The van der Waals surface area contributed by atoms with Gasteiger partial charge < -0.3 is 9.47 Å². The van der Waals surface area contributed by atoms with Crippen LogP contribution in [0.25, 0.3) is 0 Å². The molecule has 1 heterocycles. The molecule has 0 fully saturated rings. The van der Waals surface area contributed by atoms with Crippen LogP contribution in [0.3, 0.4) is 0 Å². The van der Waals surface area contributed by atoms with Crippen LogP contribution in [-0.4, -0.2) is 32.8 Å². The molecule has 4 rings (SSSR count). The number of ether oxygens (including phenoxy) is 2. The maximum Gasteiger partial charge on any atom is 0.279 e. The Morgan fingerprint density at radius 3 is 2.26 bits per heavy atom. The lowest BCUT2D eigenvalue weighted by Gasteiger charge is -2.23. The minimum atomic E-state index is -3.90. The number of rotatable bonds is 6. The summed E-state index contributed by atoms with van der Waals surface area (Å²) >= 11 is 5.95. The fourth-order valence-electron chi connectivity index (χ4n) is 3.48. The van der Waals surface area contributed by atoms with Gasteiger partial charge in [0.25, 0.3) is 10.0 Å². The van der Waals surface area contributed by atoms with Gasteiger partial charge in [-0.1, -0.05) is 35.9 Å². The Hall–Kier alpha value is -3.03. The van der Waals surface area contributed by atoms with E-state index in [2.05, 4.69) is 5.10 Å². The molecule has 0 aromatic heterocycles. The van der Waals surface area contributed by atoms with Crippen molar-refractivity contribution in [3.63, 3.8) is 0 Å². The molecule has 0 radical (unpaired) electrons. The van der Waals surface area contributed by atoms with Gasteiger partial charge in [-0.05, 0) is 54.1 Å². The van der Waals surface area contributed by atoms with Crippen molar-refractivity contribution in [2.24, 2.45) is 5.10 Å². The van der Waals surface area contributed by atoms with Crippen LogP contribution in [-0.2, 0) is 10.0 Å². The SMILES string of the molecule is COc1ccc(C2CC(c3cccc(OC)c3)=NN2S(=O)(=O)c2ccc(Cl)cc2)cc1. The molecule has 1 atom stereocenters. The first-order valence-electron chi connectivity index (χ1n) is 9.58. The molecule has 1 aliphatic heterocycles. The van der Waals surface area contributed by atoms with Gasteiger partial charge in [-0.15, -0.1) is 0 Å². The molecule has 0 saturated heterocycles. The third-order valence-electron chi connectivity index (χ3n) is 5.13. The van der Waals surface area contributed by atoms with Gasteiger partial charge in [0.15, 0.2) is 0 Å². The molecule has 3 aromatic rings. The summed E-state index contributed by atoms with van der Waals surface area (Å²) < 4.78 is 38.7. The number of methoxy groups -OCH3 is 2. The van der Waals surface area contributed by atoms with Crippen molar-refractivity contribution in [3.8, 4) is 11.5 Å². The third-order valence-corrected chi connectivity index (χ3v) is 7.08. The van der Waals surface area contributed by atoms with Crippen molar-refractivity contribution < 1.29 is 17.9 Å². The summed E-state index contributed by atoms with van der Waals surface area (Å²) in [6.45, 7) is 0. The average Bonchev–Trinajstić information content (AvgIpc) is 3.26. The number of nitrogens with zero attached hydrogens (tertiary/aromatic N) is 2. The lowest BCUT2D eigenvalue weighted by Crippen LogP contribution is -2.27. The van der Waals surface area contributed by atoms with Gasteiger partial charge >= 0.3 is 0 Å². The Labute approximate surface area is 186 Å². The second kappa shape index (κ2) is 8.61. The van der Waals surface area contributed by atoms with Crippen LogP contribution >= 0.6 is 11.6 Å². The van der Waals surface area contributed by atoms with Crippen LogP contribution in [0.1, 0.15) is 23.6 Å². The predicted molar refractivity (Wildman–Crippen MR) is 120 cm³/mol. The highest BCUT2D eigenvalue weighted by atomic mass is 35.5. The van der Waals surface area contributed by atoms with Crippen molar-refractivity contribution in [3.05, 3.63) is 88.9 Å². The van der Waals surface area contributed by atoms with E-state index in [9.17, 15) is 8.42 Å². The fraction of sp³-hybridized carbons (Fsp3) is 0.174. The number of sulfonamides is 1. The third kappa shape index (κ3) is 4.24. The zero-order valence-corrected chi connectivity index (χ0v) is 18.6. The monoisotopic (exact) mass is 456 g/mol. The topological polar surface area (TPSA) is 68.2 Å². The van der Waals surface area contributed by atoms with Crippen LogP contribution in [0, 0.1) is 0 Å². The van der Waals surface area contributed by atoms with Gasteiger partial charge in [0.05, 0.1) is 30.9 Å². The Morgan fingerprint density at radius 1 is 0.935 bits per heavy atom. The molecule has 160 valence electrons. The van der Waals surface area contributed by atoms with E-state index >= 15 is 0 Å². The molecule has 31 heavy (non-hydrogen) atoms. The van der Waals surface area contributed by atoms with Crippen LogP contribution in [0.4, 0.5) is 0 Å². The molecule has 0 amide bonds. The maximum atomic E-state index is 13.5. The number of hydrogen-bond donors (Lipinski definition) is 0. The molecule has 1 aliphatic rings. The number of hydrogen-bond acceptors (Lipinski definition) is 5. The highest BCUT2D eigenvalue weighted by Crippen LogP contribution is 2.38. The lowest BCUT2D eigenvalue weighted by atomic mass is 9.99. The highest BCUT2D eigenvalue weighted by Gasteiger charge is 2.37. The number of hydrazone groups is 1. The zero-order valence-electron chi connectivity index (χ0n) is 17.0. The first kappa shape index (κ1) is 21.2. The lowest BCUT2D eigenvalue weighted by molar-refractivity contribution is 0.370.